The molecule has 0 fully saturated rings. The SMILES string of the molecule is CC(C)(C)Oc1cccc2ccncc12. The lowest BCUT2D eigenvalue weighted by molar-refractivity contribution is 0.133. The van der Waals surface area contributed by atoms with Crippen LogP contribution in [0.15, 0.2) is 36.7 Å². The van der Waals surface area contributed by atoms with Gasteiger partial charge in [-0.1, -0.05) is 12.1 Å². The maximum Gasteiger partial charge on any atom is 0.129 e. The fraction of sp³-hybridized carbons (Fsp3) is 0.308. The van der Waals surface area contributed by atoms with Crippen LogP contribution in [0.4, 0.5) is 0 Å². The minimum Gasteiger partial charge on any atom is -0.487 e. The summed E-state index contributed by atoms with van der Waals surface area (Å²) in [4.78, 5) is 4.12. The largest absolute Gasteiger partial charge is 0.487 e. The summed E-state index contributed by atoms with van der Waals surface area (Å²) in [7, 11) is 0. The number of pyridine rings is 1. The first kappa shape index (κ1) is 9.97. The molecule has 78 valence electrons. The van der Waals surface area contributed by atoms with Gasteiger partial charge in [0.15, 0.2) is 0 Å². The summed E-state index contributed by atoms with van der Waals surface area (Å²) in [6, 6.07) is 8.04. The Bertz CT molecular complexity index is 466. The Hall–Kier alpha value is -1.57. The summed E-state index contributed by atoms with van der Waals surface area (Å²) in [5, 5.41) is 2.22. The lowest BCUT2D eigenvalue weighted by Crippen LogP contribution is -2.23. The second-order valence-electron chi connectivity index (χ2n) is 4.57. The van der Waals surface area contributed by atoms with E-state index in [1.165, 1.54) is 0 Å². The Labute approximate surface area is 89.9 Å². The molecule has 1 aromatic heterocycles. The number of fused-ring (bicyclic) bond motifs is 1. The van der Waals surface area contributed by atoms with Crippen molar-refractivity contribution < 1.29 is 4.74 Å². The van der Waals surface area contributed by atoms with E-state index >= 15 is 0 Å². The van der Waals surface area contributed by atoms with Gasteiger partial charge in [-0.2, -0.15) is 0 Å². The van der Waals surface area contributed by atoms with E-state index in [9.17, 15) is 0 Å². The van der Waals surface area contributed by atoms with Crippen LogP contribution in [0, 0.1) is 0 Å². The van der Waals surface area contributed by atoms with Crippen LogP contribution < -0.4 is 4.74 Å². The van der Waals surface area contributed by atoms with E-state index in [-0.39, 0.29) is 5.60 Å². The number of hydrogen-bond donors (Lipinski definition) is 0. The van der Waals surface area contributed by atoms with Crippen LogP contribution in [0.2, 0.25) is 0 Å². The van der Waals surface area contributed by atoms with Crippen LogP contribution in [0.3, 0.4) is 0 Å². The maximum atomic E-state index is 5.87. The Balaban J connectivity index is 2.52. The molecule has 0 atom stereocenters. The molecule has 2 aromatic rings. The molecule has 1 aromatic carbocycles. The normalized spacial score (nSPS) is 11.7. The predicted molar refractivity (Wildman–Crippen MR) is 62.1 cm³/mol. The zero-order valence-corrected chi connectivity index (χ0v) is 9.32. The van der Waals surface area contributed by atoms with Crippen molar-refractivity contribution in [1.29, 1.82) is 0 Å². The van der Waals surface area contributed by atoms with E-state index < -0.39 is 0 Å². The summed E-state index contributed by atoms with van der Waals surface area (Å²) < 4.78 is 5.87. The number of ether oxygens (including phenoxy) is 1. The molecule has 0 saturated heterocycles. The van der Waals surface area contributed by atoms with E-state index in [1.54, 1.807) is 6.20 Å². The first-order chi connectivity index (χ1) is 7.06. The van der Waals surface area contributed by atoms with Crippen molar-refractivity contribution in [2.75, 3.05) is 0 Å². The van der Waals surface area contributed by atoms with E-state index in [2.05, 4.69) is 11.1 Å². The van der Waals surface area contributed by atoms with Gasteiger partial charge in [0.1, 0.15) is 11.4 Å². The van der Waals surface area contributed by atoms with Gasteiger partial charge in [-0.3, -0.25) is 4.98 Å². The number of hydrogen-bond acceptors (Lipinski definition) is 2. The summed E-state index contributed by atoms with van der Waals surface area (Å²) >= 11 is 0. The van der Waals surface area contributed by atoms with Crippen molar-refractivity contribution in [3.05, 3.63) is 36.7 Å². The fourth-order valence-electron chi connectivity index (χ4n) is 1.50. The number of nitrogens with zero attached hydrogens (tertiary/aromatic N) is 1. The first-order valence-electron chi connectivity index (χ1n) is 5.08. The van der Waals surface area contributed by atoms with E-state index in [0.29, 0.717) is 0 Å². The van der Waals surface area contributed by atoms with Gasteiger partial charge in [0, 0.05) is 17.8 Å². The molecule has 0 aliphatic heterocycles. The molecule has 0 saturated carbocycles. The molecule has 2 nitrogen and oxygen atoms in total. The van der Waals surface area contributed by atoms with Gasteiger partial charge in [-0.25, -0.2) is 0 Å². The number of rotatable bonds is 1. The quantitative estimate of drug-likeness (QED) is 0.705. The minimum atomic E-state index is -0.176. The van der Waals surface area contributed by atoms with Gasteiger partial charge in [0.25, 0.3) is 0 Å². The van der Waals surface area contributed by atoms with Gasteiger partial charge in [0.05, 0.1) is 0 Å². The lowest BCUT2D eigenvalue weighted by Gasteiger charge is -2.22. The molecule has 0 spiro atoms. The van der Waals surface area contributed by atoms with Crippen molar-refractivity contribution in [1.82, 2.24) is 4.98 Å². The molecule has 0 bridgehead atoms. The third-order valence-electron chi connectivity index (χ3n) is 2.06. The highest BCUT2D eigenvalue weighted by Gasteiger charge is 2.13. The zero-order chi connectivity index (χ0) is 10.9. The standard InChI is InChI=1S/C13H15NO/c1-13(2,3)15-12-6-4-5-10-7-8-14-9-11(10)12/h4-9H,1-3H3. The highest BCUT2D eigenvalue weighted by atomic mass is 16.5. The van der Waals surface area contributed by atoms with Crippen LogP contribution in [0.5, 0.6) is 5.75 Å². The molecule has 0 aliphatic carbocycles. The topological polar surface area (TPSA) is 22.1 Å². The van der Waals surface area contributed by atoms with Crippen molar-refractivity contribution in [3.8, 4) is 5.75 Å². The van der Waals surface area contributed by atoms with Crippen molar-refractivity contribution in [2.45, 2.75) is 26.4 Å². The molecule has 1 heterocycles. The summed E-state index contributed by atoms with van der Waals surface area (Å²) in [5.74, 6) is 0.896. The van der Waals surface area contributed by atoms with E-state index in [1.807, 2.05) is 45.2 Å². The molecular formula is C13H15NO. The molecule has 0 unspecified atom stereocenters. The molecule has 0 radical (unpaired) electrons. The van der Waals surface area contributed by atoms with Crippen LogP contribution >= 0.6 is 0 Å². The first-order valence-corrected chi connectivity index (χ1v) is 5.08. The second-order valence-corrected chi connectivity index (χ2v) is 4.57. The van der Waals surface area contributed by atoms with Crippen LogP contribution in [0.25, 0.3) is 10.8 Å². The lowest BCUT2D eigenvalue weighted by atomic mass is 10.1. The Morgan fingerprint density at radius 2 is 1.93 bits per heavy atom. The van der Waals surface area contributed by atoms with Gasteiger partial charge in [0.2, 0.25) is 0 Å². The van der Waals surface area contributed by atoms with Crippen molar-refractivity contribution >= 4 is 10.8 Å². The smallest absolute Gasteiger partial charge is 0.129 e. The monoisotopic (exact) mass is 201 g/mol. The van der Waals surface area contributed by atoms with E-state index in [0.717, 1.165) is 16.5 Å². The summed E-state index contributed by atoms with van der Waals surface area (Å²) in [5.41, 5.74) is -0.176. The minimum absolute atomic E-state index is 0.176. The molecular weight excluding hydrogens is 186 g/mol. The van der Waals surface area contributed by atoms with Gasteiger partial charge in [-0.15, -0.1) is 0 Å². The van der Waals surface area contributed by atoms with Crippen LogP contribution in [0.1, 0.15) is 20.8 Å². The highest BCUT2D eigenvalue weighted by Crippen LogP contribution is 2.27. The fourth-order valence-corrected chi connectivity index (χ4v) is 1.50. The van der Waals surface area contributed by atoms with Gasteiger partial charge < -0.3 is 4.74 Å². The van der Waals surface area contributed by atoms with Gasteiger partial charge in [-0.05, 0) is 38.3 Å². The third kappa shape index (κ3) is 2.27. The summed E-state index contributed by atoms with van der Waals surface area (Å²) in [6.07, 6.45) is 3.64. The highest BCUT2D eigenvalue weighted by molar-refractivity contribution is 5.87. The van der Waals surface area contributed by atoms with Crippen LogP contribution in [-0.2, 0) is 0 Å². The zero-order valence-electron chi connectivity index (χ0n) is 9.32. The number of benzene rings is 1. The average Bonchev–Trinajstić information content (AvgIpc) is 2.16. The van der Waals surface area contributed by atoms with E-state index in [4.69, 9.17) is 4.74 Å². The Morgan fingerprint density at radius 3 is 2.67 bits per heavy atom. The molecule has 0 amide bonds. The second kappa shape index (κ2) is 3.54. The predicted octanol–water partition coefficient (Wildman–Crippen LogP) is 3.41. The van der Waals surface area contributed by atoms with Crippen LogP contribution in [-0.4, -0.2) is 10.6 Å². The Kier molecular flexibility index (Phi) is 2.35. The third-order valence-corrected chi connectivity index (χ3v) is 2.06. The number of aromatic nitrogens is 1. The molecule has 15 heavy (non-hydrogen) atoms. The average molecular weight is 201 g/mol. The molecule has 2 rings (SSSR count). The maximum absolute atomic E-state index is 5.87. The van der Waals surface area contributed by atoms with Gasteiger partial charge >= 0.3 is 0 Å². The summed E-state index contributed by atoms with van der Waals surface area (Å²) in [6.45, 7) is 6.13. The molecule has 0 N–H and O–H groups in total. The van der Waals surface area contributed by atoms with Crippen molar-refractivity contribution in [3.63, 3.8) is 0 Å². The molecule has 2 heteroatoms. The van der Waals surface area contributed by atoms with Crippen molar-refractivity contribution in [2.24, 2.45) is 0 Å². The molecule has 0 aliphatic rings. The Morgan fingerprint density at radius 1 is 1.13 bits per heavy atom.